The van der Waals surface area contributed by atoms with Gasteiger partial charge in [-0.25, -0.2) is 13.6 Å². The summed E-state index contributed by atoms with van der Waals surface area (Å²) in [5, 5.41) is 15.2. The fourth-order valence-electron chi connectivity index (χ4n) is 0.964. The molecule has 0 bridgehead atoms. The second-order valence-electron chi connectivity index (χ2n) is 3.02. The third kappa shape index (κ3) is 3.93. The summed E-state index contributed by atoms with van der Waals surface area (Å²) in [5.74, 6) is -1.85. The van der Waals surface area contributed by atoms with Crippen LogP contribution in [0.25, 0.3) is 0 Å². The van der Waals surface area contributed by atoms with Crippen LogP contribution in [0.4, 0.5) is 19.3 Å². The van der Waals surface area contributed by atoms with Gasteiger partial charge in [0.15, 0.2) is 5.84 Å². The number of carbonyl (C=O) groups is 1. The number of carbonyl (C=O) groups excluding carboxylic acids is 1. The highest BCUT2D eigenvalue weighted by molar-refractivity contribution is 5.93. The first-order valence-electron chi connectivity index (χ1n) is 4.49. The molecule has 0 unspecified atom stereocenters. The number of amidine groups is 1. The molecule has 8 heteroatoms. The summed E-state index contributed by atoms with van der Waals surface area (Å²) in [5.41, 5.74) is 4.92. The first kappa shape index (κ1) is 12.7. The Balaban J connectivity index is 2.56. The van der Waals surface area contributed by atoms with Crippen molar-refractivity contribution in [2.75, 3.05) is 11.9 Å². The third-order valence-electron chi connectivity index (χ3n) is 1.74. The fourth-order valence-corrected chi connectivity index (χ4v) is 0.964. The Morgan fingerprint density at radius 2 is 2.18 bits per heavy atom. The molecule has 0 saturated carbocycles. The molecule has 0 radical (unpaired) electrons. The standard InChI is InChI=1S/C9H10F2N4O2/c10-5-1-2-7(6(11)3-5)14-9(16)13-4-8(12)15-17/h1-3,17H,4H2,(H2,12,15)(H2,13,14,16). The van der Waals surface area contributed by atoms with Crippen molar-refractivity contribution in [3.05, 3.63) is 29.8 Å². The average Bonchev–Trinajstić information content (AvgIpc) is 2.29. The van der Waals surface area contributed by atoms with Gasteiger partial charge in [-0.15, -0.1) is 0 Å². The number of hydrogen-bond donors (Lipinski definition) is 4. The lowest BCUT2D eigenvalue weighted by Crippen LogP contribution is -2.36. The number of halogens is 2. The minimum atomic E-state index is -0.899. The van der Waals surface area contributed by atoms with Crippen molar-refractivity contribution in [1.82, 2.24) is 5.32 Å². The van der Waals surface area contributed by atoms with Crippen LogP contribution in [0.1, 0.15) is 0 Å². The van der Waals surface area contributed by atoms with Gasteiger partial charge >= 0.3 is 6.03 Å². The molecule has 1 aromatic carbocycles. The number of urea groups is 1. The number of hydrogen-bond acceptors (Lipinski definition) is 3. The Morgan fingerprint density at radius 3 is 2.76 bits per heavy atom. The molecule has 2 amide bonds. The van der Waals surface area contributed by atoms with E-state index in [2.05, 4.69) is 15.8 Å². The quantitative estimate of drug-likeness (QED) is 0.274. The minimum Gasteiger partial charge on any atom is -0.409 e. The van der Waals surface area contributed by atoms with Crippen LogP contribution in [-0.2, 0) is 0 Å². The molecule has 6 nitrogen and oxygen atoms in total. The van der Waals surface area contributed by atoms with Gasteiger partial charge in [0.25, 0.3) is 0 Å². The molecule has 0 aliphatic carbocycles. The van der Waals surface area contributed by atoms with Crippen LogP contribution in [0.15, 0.2) is 23.4 Å². The van der Waals surface area contributed by atoms with Gasteiger partial charge in [-0.1, -0.05) is 5.16 Å². The van der Waals surface area contributed by atoms with Crippen molar-refractivity contribution in [3.63, 3.8) is 0 Å². The van der Waals surface area contributed by atoms with Crippen LogP contribution in [0, 0.1) is 11.6 Å². The van der Waals surface area contributed by atoms with Gasteiger partial charge in [-0.2, -0.15) is 0 Å². The van der Waals surface area contributed by atoms with Gasteiger partial charge < -0.3 is 21.6 Å². The fraction of sp³-hybridized carbons (Fsp3) is 0.111. The zero-order chi connectivity index (χ0) is 12.8. The van der Waals surface area contributed by atoms with E-state index < -0.39 is 17.7 Å². The predicted molar refractivity (Wildman–Crippen MR) is 56.8 cm³/mol. The van der Waals surface area contributed by atoms with Crippen LogP contribution in [0.5, 0.6) is 0 Å². The van der Waals surface area contributed by atoms with E-state index in [1.165, 1.54) is 0 Å². The maximum absolute atomic E-state index is 13.1. The van der Waals surface area contributed by atoms with Crippen molar-refractivity contribution in [3.8, 4) is 0 Å². The van der Waals surface area contributed by atoms with Crippen molar-refractivity contribution in [2.24, 2.45) is 10.9 Å². The molecule has 0 fully saturated rings. The van der Waals surface area contributed by atoms with E-state index in [0.717, 1.165) is 12.1 Å². The Hall–Kier alpha value is -2.38. The Morgan fingerprint density at radius 1 is 1.47 bits per heavy atom. The summed E-state index contributed by atoms with van der Waals surface area (Å²) in [6.07, 6.45) is 0. The molecule has 0 heterocycles. The Bertz CT molecular complexity index is 451. The molecule has 0 aromatic heterocycles. The largest absolute Gasteiger partial charge is 0.409 e. The molecule has 1 aromatic rings. The number of amides is 2. The Kier molecular flexibility index (Phi) is 4.21. The first-order chi connectivity index (χ1) is 8.02. The molecule has 0 aliphatic heterocycles. The number of benzene rings is 1. The van der Waals surface area contributed by atoms with E-state index in [1.807, 2.05) is 0 Å². The highest BCUT2D eigenvalue weighted by atomic mass is 19.1. The van der Waals surface area contributed by atoms with E-state index in [4.69, 9.17) is 10.9 Å². The van der Waals surface area contributed by atoms with Crippen molar-refractivity contribution in [2.45, 2.75) is 0 Å². The molecule has 0 saturated heterocycles. The lowest BCUT2D eigenvalue weighted by Gasteiger charge is -2.07. The van der Waals surface area contributed by atoms with E-state index in [1.54, 1.807) is 0 Å². The summed E-state index contributed by atoms with van der Waals surface area (Å²) in [4.78, 5) is 11.2. The summed E-state index contributed by atoms with van der Waals surface area (Å²) >= 11 is 0. The topological polar surface area (TPSA) is 99.7 Å². The van der Waals surface area contributed by atoms with E-state index in [-0.39, 0.29) is 18.1 Å². The molecule has 0 spiro atoms. The normalized spacial score (nSPS) is 11.1. The summed E-state index contributed by atoms with van der Waals surface area (Å²) < 4.78 is 25.7. The molecule has 5 N–H and O–H groups in total. The molecular formula is C9H10F2N4O2. The number of rotatable bonds is 3. The predicted octanol–water partition coefficient (Wildman–Crippen LogP) is 0.833. The zero-order valence-electron chi connectivity index (χ0n) is 8.58. The molecule has 92 valence electrons. The van der Waals surface area contributed by atoms with Crippen molar-refractivity contribution in [1.29, 1.82) is 0 Å². The lowest BCUT2D eigenvalue weighted by molar-refractivity contribution is 0.253. The molecule has 0 atom stereocenters. The van der Waals surface area contributed by atoms with E-state index >= 15 is 0 Å². The summed E-state index contributed by atoms with van der Waals surface area (Å²) in [6, 6.07) is 1.96. The van der Waals surface area contributed by atoms with E-state index in [9.17, 15) is 13.6 Å². The van der Waals surface area contributed by atoms with Crippen LogP contribution in [-0.4, -0.2) is 23.6 Å². The molecular weight excluding hydrogens is 234 g/mol. The Labute approximate surface area is 95.1 Å². The van der Waals surface area contributed by atoms with Crippen LogP contribution in [0.2, 0.25) is 0 Å². The van der Waals surface area contributed by atoms with Crippen LogP contribution < -0.4 is 16.4 Å². The summed E-state index contributed by atoms with van der Waals surface area (Å²) in [6.45, 7) is -0.203. The maximum atomic E-state index is 13.1. The number of nitrogens with two attached hydrogens (primary N) is 1. The van der Waals surface area contributed by atoms with E-state index in [0.29, 0.717) is 6.07 Å². The average molecular weight is 244 g/mol. The van der Waals surface area contributed by atoms with Gasteiger partial charge in [0.1, 0.15) is 11.6 Å². The smallest absolute Gasteiger partial charge is 0.319 e. The number of nitrogens with zero attached hydrogens (tertiary/aromatic N) is 1. The summed E-state index contributed by atoms with van der Waals surface area (Å²) in [7, 11) is 0. The monoisotopic (exact) mass is 244 g/mol. The second-order valence-corrected chi connectivity index (χ2v) is 3.02. The second kappa shape index (κ2) is 5.64. The highest BCUT2D eigenvalue weighted by Gasteiger charge is 2.07. The van der Waals surface area contributed by atoms with Gasteiger partial charge in [-0.3, -0.25) is 0 Å². The number of anilines is 1. The maximum Gasteiger partial charge on any atom is 0.319 e. The van der Waals surface area contributed by atoms with Gasteiger partial charge in [0, 0.05) is 6.07 Å². The van der Waals surface area contributed by atoms with Crippen LogP contribution >= 0.6 is 0 Å². The third-order valence-corrected chi connectivity index (χ3v) is 1.74. The minimum absolute atomic E-state index is 0.177. The van der Waals surface area contributed by atoms with Crippen LogP contribution in [0.3, 0.4) is 0 Å². The SMILES string of the molecule is N/C(CNC(=O)Nc1ccc(F)cc1F)=N/O. The van der Waals surface area contributed by atoms with Crippen molar-refractivity contribution >= 4 is 17.6 Å². The zero-order valence-corrected chi connectivity index (χ0v) is 8.58. The highest BCUT2D eigenvalue weighted by Crippen LogP contribution is 2.14. The molecule has 1 rings (SSSR count). The van der Waals surface area contributed by atoms with Crippen molar-refractivity contribution < 1.29 is 18.8 Å². The first-order valence-corrected chi connectivity index (χ1v) is 4.49. The number of nitrogens with one attached hydrogen (secondary N) is 2. The molecule has 0 aliphatic rings. The molecule has 17 heavy (non-hydrogen) atoms. The lowest BCUT2D eigenvalue weighted by atomic mass is 10.3. The van der Waals surface area contributed by atoms with Gasteiger partial charge in [0.05, 0.1) is 12.2 Å². The van der Waals surface area contributed by atoms with Gasteiger partial charge in [-0.05, 0) is 12.1 Å². The van der Waals surface area contributed by atoms with Gasteiger partial charge in [0.2, 0.25) is 0 Å². The number of oxime groups is 1.